The summed E-state index contributed by atoms with van der Waals surface area (Å²) in [5.41, 5.74) is 4.03. The van der Waals surface area contributed by atoms with Crippen LogP contribution >= 0.6 is 0 Å². The number of hydrogen-bond donors (Lipinski definition) is 2. The summed E-state index contributed by atoms with van der Waals surface area (Å²) in [5, 5.41) is 2.45. The van der Waals surface area contributed by atoms with Gasteiger partial charge in [0.25, 0.3) is 5.91 Å². The number of pyridine rings is 1. The van der Waals surface area contributed by atoms with Crippen LogP contribution in [0.5, 0.6) is 5.75 Å². The molecular weight excluding hydrogens is 415 g/mol. The molecule has 2 heterocycles. The number of carbonyl (C=O) groups is 2. The van der Waals surface area contributed by atoms with Crippen molar-refractivity contribution in [3.8, 4) is 5.75 Å². The molecule has 0 radical (unpaired) electrons. The Hall–Kier alpha value is -2.37. The van der Waals surface area contributed by atoms with E-state index in [2.05, 4.69) is 10.3 Å². The maximum absolute atomic E-state index is 12.9. The summed E-state index contributed by atoms with van der Waals surface area (Å²) >= 11 is 0. The van der Waals surface area contributed by atoms with Crippen molar-refractivity contribution >= 4 is 21.7 Å². The number of amides is 2. The first-order chi connectivity index (χ1) is 13.3. The van der Waals surface area contributed by atoms with Crippen LogP contribution in [0.15, 0.2) is 12.3 Å². The Balaban J connectivity index is 1.83. The Morgan fingerprint density at radius 3 is 2.48 bits per heavy atom. The van der Waals surface area contributed by atoms with E-state index in [1.807, 2.05) is 0 Å². The third-order valence-corrected chi connectivity index (χ3v) is 6.78. The Morgan fingerprint density at radius 1 is 1.38 bits per heavy atom. The number of ether oxygens (including phenoxy) is 1. The largest absolute Gasteiger partial charge is 0.481 e. The third-order valence-electron chi connectivity index (χ3n) is 4.79. The van der Waals surface area contributed by atoms with Gasteiger partial charge in [0, 0.05) is 17.8 Å². The molecule has 1 atom stereocenters. The van der Waals surface area contributed by atoms with Crippen LogP contribution in [-0.4, -0.2) is 54.5 Å². The molecule has 1 aromatic heterocycles. The van der Waals surface area contributed by atoms with Gasteiger partial charge >= 0.3 is 6.18 Å². The van der Waals surface area contributed by atoms with Gasteiger partial charge in [-0.2, -0.15) is 13.2 Å². The van der Waals surface area contributed by atoms with Gasteiger partial charge in [-0.25, -0.2) is 8.42 Å². The predicted molar refractivity (Wildman–Crippen MR) is 95.0 cm³/mol. The monoisotopic (exact) mass is 435 g/mol. The van der Waals surface area contributed by atoms with Gasteiger partial charge in [0.05, 0.1) is 23.5 Å². The van der Waals surface area contributed by atoms with Gasteiger partial charge in [-0.1, -0.05) is 0 Å². The van der Waals surface area contributed by atoms with Crippen molar-refractivity contribution in [3.63, 3.8) is 0 Å². The van der Waals surface area contributed by atoms with Crippen LogP contribution in [-0.2, 0) is 14.6 Å². The minimum Gasteiger partial charge on any atom is -0.481 e. The Kier molecular flexibility index (Phi) is 5.26. The smallest absolute Gasteiger partial charge is 0.425 e. The van der Waals surface area contributed by atoms with E-state index in [9.17, 15) is 31.2 Å². The average molecular weight is 435 g/mol. The van der Waals surface area contributed by atoms with Crippen LogP contribution in [0.3, 0.4) is 0 Å². The highest BCUT2D eigenvalue weighted by Gasteiger charge is 2.50. The zero-order valence-corrected chi connectivity index (χ0v) is 16.3. The topological polar surface area (TPSA) is 128 Å². The van der Waals surface area contributed by atoms with Crippen LogP contribution in [0.4, 0.5) is 13.2 Å². The maximum atomic E-state index is 12.9. The molecule has 0 bridgehead atoms. The summed E-state index contributed by atoms with van der Waals surface area (Å²) in [6, 6.07) is 1.11. The molecule has 1 saturated carbocycles. The predicted octanol–water partition coefficient (Wildman–Crippen LogP) is 1.06. The van der Waals surface area contributed by atoms with Crippen LogP contribution in [0.25, 0.3) is 0 Å². The van der Waals surface area contributed by atoms with Crippen LogP contribution < -0.4 is 15.8 Å². The molecule has 2 fully saturated rings. The van der Waals surface area contributed by atoms with Crippen molar-refractivity contribution in [2.45, 2.75) is 49.9 Å². The molecule has 3 rings (SSSR count). The molecule has 1 saturated heterocycles. The third kappa shape index (κ3) is 4.98. The molecule has 29 heavy (non-hydrogen) atoms. The fraction of sp³-hybridized carbons (Fsp3) is 0.588. The first-order valence-electron chi connectivity index (χ1n) is 8.85. The minimum atomic E-state index is -4.58. The number of hydrogen-bond acceptors (Lipinski definition) is 6. The lowest BCUT2D eigenvalue weighted by Crippen LogP contribution is -2.66. The standard InChI is InChI=1S/C17H20F3N3O5S/c1-9(17(18,19)20)28-13-4-12(22-6-11(13)10-2-3-10)15(25)23-16(5-14(21)24)7-29(26,27)8-16/h4,6,9-10H,2-3,5,7-8H2,1H3,(H2,21,24)(H,23,25). The number of rotatable bonds is 7. The number of primary amides is 1. The van der Waals surface area contributed by atoms with Crippen molar-refractivity contribution in [2.24, 2.45) is 5.73 Å². The summed E-state index contributed by atoms with van der Waals surface area (Å²) in [6.45, 7) is 0.859. The number of carbonyl (C=O) groups excluding carboxylic acids is 2. The summed E-state index contributed by atoms with van der Waals surface area (Å²) in [7, 11) is -3.41. The van der Waals surface area contributed by atoms with E-state index in [4.69, 9.17) is 10.5 Å². The van der Waals surface area contributed by atoms with Gasteiger partial charge < -0.3 is 15.8 Å². The highest BCUT2D eigenvalue weighted by Crippen LogP contribution is 2.45. The number of nitrogens with one attached hydrogen (secondary N) is 1. The number of sulfone groups is 1. The first-order valence-corrected chi connectivity index (χ1v) is 10.7. The Morgan fingerprint density at radius 2 is 2.00 bits per heavy atom. The molecule has 1 aliphatic carbocycles. The van der Waals surface area contributed by atoms with E-state index in [0.717, 1.165) is 25.8 Å². The SMILES string of the molecule is CC(Oc1cc(C(=O)NC2(CC(N)=O)CS(=O)(=O)C2)ncc1C1CC1)C(F)(F)F. The molecule has 1 unspecified atom stereocenters. The normalized spacial score (nSPS) is 21.0. The van der Waals surface area contributed by atoms with Gasteiger partial charge in [-0.3, -0.25) is 14.6 Å². The molecular formula is C17H20F3N3O5S. The maximum Gasteiger partial charge on any atom is 0.425 e. The number of nitrogens with two attached hydrogens (primary N) is 1. The molecule has 0 aromatic carbocycles. The second kappa shape index (κ2) is 7.15. The second-order valence-corrected chi connectivity index (χ2v) is 9.66. The second-order valence-electron chi connectivity index (χ2n) is 7.59. The number of aromatic nitrogens is 1. The lowest BCUT2D eigenvalue weighted by molar-refractivity contribution is -0.189. The summed E-state index contributed by atoms with van der Waals surface area (Å²) in [6.07, 6.45) is -4.20. The van der Waals surface area contributed by atoms with Crippen molar-refractivity contribution in [3.05, 3.63) is 23.5 Å². The van der Waals surface area contributed by atoms with Gasteiger partial charge in [0.2, 0.25) is 5.91 Å². The zero-order valence-electron chi connectivity index (χ0n) is 15.5. The highest BCUT2D eigenvalue weighted by molar-refractivity contribution is 7.93. The quantitative estimate of drug-likeness (QED) is 0.659. The summed E-state index contributed by atoms with van der Waals surface area (Å²) in [4.78, 5) is 27.8. The van der Waals surface area contributed by atoms with Crippen molar-refractivity contribution in [1.82, 2.24) is 10.3 Å². The molecule has 1 aliphatic heterocycles. The van der Waals surface area contributed by atoms with E-state index in [0.29, 0.717) is 5.56 Å². The lowest BCUT2D eigenvalue weighted by atomic mass is 9.98. The minimum absolute atomic E-state index is 0.0213. The molecule has 1 aromatic rings. The Labute approximate surface area is 164 Å². The van der Waals surface area contributed by atoms with E-state index in [1.165, 1.54) is 6.20 Å². The van der Waals surface area contributed by atoms with Crippen LogP contribution in [0.1, 0.15) is 48.2 Å². The number of halogens is 3. The Bertz CT molecular complexity index is 932. The summed E-state index contributed by atoms with van der Waals surface area (Å²) < 4.78 is 66.8. The molecule has 12 heteroatoms. The van der Waals surface area contributed by atoms with Crippen molar-refractivity contribution in [1.29, 1.82) is 0 Å². The van der Waals surface area contributed by atoms with Gasteiger partial charge in [-0.15, -0.1) is 0 Å². The first kappa shape index (κ1) is 21.3. The molecule has 3 N–H and O–H groups in total. The van der Waals surface area contributed by atoms with Crippen LogP contribution in [0.2, 0.25) is 0 Å². The van der Waals surface area contributed by atoms with Crippen molar-refractivity contribution in [2.75, 3.05) is 11.5 Å². The van der Waals surface area contributed by atoms with Gasteiger partial charge in [0.15, 0.2) is 15.9 Å². The molecule has 2 aliphatic rings. The van der Waals surface area contributed by atoms with Gasteiger partial charge in [-0.05, 0) is 25.7 Å². The number of nitrogens with zero attached hydrogens (tertiary/aromatic N) is 1. The summed E-state index contributed by atoms with van der Waals surface area (Å²) in [5.74, 6) is -2.60. The van der Waals surface area contributed by atoms with Crippen molar-refractivity contribution < 1.29 is 35.9 Å². The molecule has 160 valence electrons. The number of alkyl halides is 3. The fourth-order valence-electron chi connectivity index (χ4n) is 3.29. The van der Waals surface area contributed by atoms with E-state index < -0.39 is 51.0 Å². The molecule has 2 amide bonds. The molecule has 8 nitrogen and oxygen atoms in total. The average Bonchev–Trinajstić information content (AvgIpc) is 3.35. The zero-order chi connectivity index (χ0) is 21.6. The van der Waals surface area contributed by atoms with E-state index >= 15 is 0 Å². The highest BCUT2D eigenvalue weighted by atomic mass is 32.2. The lowest BCUT2D eigenvalue weighted by Gasteiger charge is -2.40. The van der Waals surface area contributed by atoms with E-state index in [-0.39, 0.29) is 23.8 Å². The van der Waals surface area contributed by atoms with E-state index in [1.54, 1.807) is 0 Å². The van der Waals surface area contributed by atoms with Crippen LogP contribution in [0, 0.1) is 0 Å². The fourth-order valence-corrected chi connectivity index (χ4v) is 5.24. The molecule has 0 spiro atoms. The van der Waals surface area contributed by atoms with Gasteiger partial charge in [0.1, 0.15) is 11.4 Å².